The summed E-state index contributed by atoms with van der Waals surface area (Å²) in [6, 6.07) is 5.82. The van der Waals surface area contributed by atoms with E-state index in [0.717, 1.165) is 18.4 Å². The number of rotatable bonds is 3. The lowest BCUT2D eigenvalue weighted by Crippen LogP contribution is -2.18. The Balaban J connectivity index is 1.95. The molecule has 1 amide bonds. The Morgan fingerprint density at radius 1 is 1.29 bits per heavy atom. The summed E-state index contributed by atoms with van der Waals surface area (Å²) in [5.41, 5.74) is 2.49. The fourth-order valence-corrected chi connectivity index (χ4v) is 3.50. The van der Waals surface area contributed by atoms with Crippen LogP contribution in [0, 0.1) is 0 Å². The standard InChI is InChI=1S/C18H21F2N3O/c1-10-7-8-11(2)15-12(10)5-4-6-14(15)21-18(24)13-9-23(3)22-16(13)17(19)20/h4-6,9-11,17H,7-8H2,1-3H3,(H,21,24)/t10-,11+/m1/s1. The molecule has 1 aliphatic rings. The average Bonchev–Trinajstić information content (AvgIpc) is 2.93. The number of nitrogens with one attached hydrogen (secondary N) is 1. The molecule has 0 unspecified atom stereocenters. The van der Waals surface area contributed by atoms with Crippen LogP contribution < -0.4 is 5.32 Å². The van der Waals surface area contributed by atoms with Crippen molar-refractivity contribution in [3.63, 3.8) is 0 Å². The van der Waals surface area contributed by atoms with Crippen LogP contribution in [0.5, 0.6) is 0 Å². The van der Waals surface area contributed by atoms with Crippen LogP contribution >= 0.6 is 0 Å². The van der Waals surface area contributed by atoms with Crippen LogP contribution in [0.4, 0.5) is 14.5 Å². The van der Waals surface area contributed by atoms with E-state index in [0.29, 0.717) is 17.5 Å². The lowest BCUT2D eigenvalue weighted by Gasteiger charge is -2.29. The number of anilines is 1. The van der Waals surface area contributed by atoms with Gasteiger partial charge in [-0.15, -0.1) is 0 Å². The third-order valence-corrected chi connectivity index (χ3v) is 4.75. The molecule has 6 heteroatoms. The Morgan fingerprint density at radius 2 is 2.00 bits per heavy atom. The first-order chi connectivity index (χ1) is 11.4. The summed E-state index contributed by atoms with van der Waals surface area (Å²) in [7, 11) is 1.52. The number of benzene rings is 1. The van der Waals surface area contributed by atoms with Crippen LogP contribution in [0.1, 0.15) is 72.1 Å². The smallest absolute Gasteiger partial charge is 0.282 e. The third-order valence-electron chi connectivity index (χ3n) is 4.75. The molecule has 1 N–H and O–H groups in total. The Kier molecular flexibility index (Phi) is 4.39. The monoisotopic (exact) mass is 333 g/mol. The van der Waals surface area contributed by atoms with Crippen molar-refractivity contribution in [3.05, 3.63) is 46.8 Å². The molecule has 0 bridgehead atoms. The van der Waals surface area contributed by atoms with Gasteiger partial charge < -0.3 is 5.32 Å². The van der Waals surface area contributed by atoms with Gasteiger partial charge in [0.25, 0.3) is 12.3 Å². The van der Waals surface area contributed by atoms with Gasteiger partial charge in [0.15, 0.2) is 0 Å². The highest BCUT2D eigenvalue weighted by Gasteiger charge is 2.27. The van der Waals surface area contributed by atoms with Gasteiger partial charge in [0, 0.05) is 18.9 Å². The molecule has 1 aromatic heterocycles. The second-order valence-electron chi connectivity index (χ2n) is 6.54. The van der Waals surface area contributed by atoms with Gasteiger partial charge in [0.05, 0.1) is 5.56 Å². The van der Waals surface area contributed by atoms with E-state index in [1.165, 1.54) is 23.5 Å². The fraction of sp³-hybridized carbons (Fsp3) is 0.444. The molecule has 4 nitrogen and oxygen atoms in total. The van der Waals surface area contributed by atoms with E-state index in [2.05, 4.69) is 30.3 Å². The summed E-state index contributed by atoms with van der Waals surface area (Å²) >= 11 is 0. The first kappa shape index (κ1) is 16.6. The molecule has 0 spiro atoms. The number of alkyl halides is 2. The Bertz CT molecular complexity index is 770. The van der Waals surface area contributed by atoms with E-state index in [1.807, 2.05) is 12.1 Å². The minimum absolute atomic E-state index is 0.0818. The second-order valence-corrected chi connectivity index (χ2v) is 6.54. The lowest BCUT2D eigenvalue weighted by molar-refractivity contribution is 0.101. The Labute approximate surface area is 139 Å². The topological polar surface area (TPSA) is 46.9 Å². The molecule has 128 valence electrons. The molecule has 1 aliphatic carbocycles. The minimum Gasteiger partial charge on any atom is -0.322 e. The van der Waals surface area contributed by atoms with Crippen molar-refractivity contribution in [3.8, 4) is 0 Å². The Morgan fingerprint density at radius 3 is 2.71 bits per heavy atom. The number of fused-ring (bicyclic) bond motifs is 1. The second kappa shape index (κ2) is 6.34. The summed E-state index contributed by atoms with van der Waals surface area (Å²) in [5.74, 6) is 0.219. The maximum atomic E-state index is 13.1. The summed E-state index contributed by atoms with van der Waals surface area (Å²) in [5, 5.41) is 6.51. The van der Waals surface area contributed by atoms with Crippen LogP contribution in [-0.4, -0.2) is 15.7 Å². The van der Waals surface area contributed by atoms with Gasteiger partial charge in [0.2, 0.25) is 0 Å². The molecule has 24 heavy (non-hydrogen) atoms. The van der Waals surface area contributed by atoms with E-state index >= 15 is 0 Å². The molecule has 3 rings (SSSR count). The molecule has 1 aromatic carbocycles. The molecule has 0 fully saturated rings. The fourth-order valence-electron chi connectivity index (χ4n) is 3.50. The van der Waals surface area contributed by atoms with Gasteiger partial charge in [-0.3, -0.25) is 9.48 Å². The molecule has 0 aliphatic heterocycles. The van der Waals surface area contributed by atoms with Crippen LogP contribution in [0.2, 0.25) is 0 Å². The third kappa shape index (κ3) is 2.92. The summed E-state index contributed by atoms with van der Waals surface area (Å²) < 4.78 is 27.4. The number of aromatic nitrogens is 2. The Hall–Kier alpha value is -2.24. The predicted octanol–water partition coefficient (Wildman–Crippen LogP) is 4.61. The number of aryl methyl sites for hydroxylation is 1. The van der Waals surface area contributed by atoms with Crippen molar-refractivity contribution in [2.24, 2.45) is 7.05 Å². The quantitative estimate of drug-likeness (QED) is 0.891. The first-order valence-corrected chi connectivity index (χ1v) is 8.14. The van der Waals surface area contributed by atoms with Crippen molar-refractivity contribution in [1.29, 1.82) is 0 Å². The zero-order valence-electron chi connectivity index (χ0n) is 14.0. The van der Waals surface area contributed by atoms with Crippen molar-refractivity contribution < 1.29 is 13.6 Å². The zero-order chi connectivity index (χ0) is 17.4. The lowest BCUT2D eigenvalue weighted by atomic mass is 9.77. The number of carbonyl (C=O) groups excluding carboxylic acids is 1. The molecule has 2 atom stereocenters. The largest absolute Gasteiger partial charge is 0.322 e. The van der Waals surface area contributed by atoms with Crippen molar-refractivity contribution in [2.45, 2.75) is 45.0 Å². The van der Waals surface area contributed by atoms with E-state index in [1.54, 1.807) is 0 Å². The maximum Gasteiger partial charge on any atom is 0.282 e. The molecule has 0 saturated heterocycles. The molecular formula is C18H21F2N3O. The maximum absolute atomic E-state index is 13.1. The number of nitrogens with zero attached hydrogens (tertiary/aromatic N) is 2. The van der Waals surface area contributed by atoms with Crippen LogP contribution in [0.15, 0.2) is 24.4 Å². The van der Waals surface area contributed by atoms with E-state index in [-0.39, 0.29) is 5.56 Å². The number of carbonyl (C=O) groups is 1. The predicted molar refractivity (Wildman–Crippen MR) is 88.6 cm³/mol. The minimum atomic E-state index is -2.78. The summed E-state index contributed by atoms with van der Waals surface area (Å²) in [6.07, 6.45) is 0.716. The van der Waals surface area contributed by atoms with Crippen molar-refractivity contribution >= 4 is 11.6 Å². The van der Waals surface area contributed by atoms with Gasteiger partial charge in [-0.05, 0) is 41.9 Å². The van der Waals surface area contributed by atoms with E-state index in [4.69, 9.17) is 0 Å². The number of amides is 1. The SMILES string of the molecule is C[C@@H]1CC[C@H](C)c2c(NC(=O)c3cn(C)nc3C(F)F)cccc21. The number of hydrogen-bond acceptors (Lipinski definition) is 2. The molecule has 2 aromatic rings. The highest BCUT2D eigenvalue weighted by Crippen LogP contribution is 2.42. The molecule has 1 heterocycles. The normalized spacial score (nSPS) is 20.1. The summed E-state index contributed by atoms with van der Waals surface area (Å²) in [4.78, 5) is 12.5. The van der Waals surface area contributed by atoms with Crippen LogP contribution in [0.25, 0.3) is 0 Å². The van der Waals surface area contributed by atoms with Gasteiger partial charge in [0.1, 0.15) is 5.69 Å². The molecule has 0 radical (unpaired) electrons. The van der Waals surface area contributed by atoms with Crippen LogP contribution in [0.3, 0.4) is 0 Å². The zero-order valence-corrected chi connectivity index (χ0v) is 14.0. The number of hydrogen-bond donors (Lipinski definition) is 1. The van der Waals surface area contributed by atoms with Gasteiger partial charge in [-0.2, -0.15) is 5.10 Å². The van der Waals surface area contributed by atoms with E-state index in [9.17, 15) is 13.6 Å². The molecule has 0 saturated carbocycles. The van der Waals surface area contributed by atoms with Crippen LogP contribution in [-0.2, 0) is 7.05 Å². The average molecular weight is 333 g/mol. The number of halogens is 2. The van der Waals surface area contributed by atoms with Crippen molar-refractivity contribution in [2.75, 3.05) is 5.32 Å². The van der Waals surface area contributed by atoms with Gasteiger partial charge >= 0.3 is 0 Å². The van der Waals surface area contributed by atoms with Gasteiger partial charge in [-0.1, -0.05) is 26.0 Å². The first-order valence-electron chi connectivity index (χ1n) is 8.14. The summed E-state index contributed by atoms with van der Waals surface area (Å²) in [6.45, 7) is 4.31. The highest BCUT2D eigenvalue weighted by molar-refractivity contribution is 6.05. The molecular weight excluding hydrogens is 312 g/mol. The highest BCUT2D eigenvalue weighted by atomic mass is 19.3. The van der Waals surface area contributed by atoms with Gasteiger partial charge in [-0.25, -0.2) is 8.78 Å². The van der Waals surface area contributed by atoms with Crippen molar-refractivity contribution in [1.82, 2.24) is 9.78 Å². The van der Waals surface area contributed by atoms with E-state index < -0.39 is 18.0 Å².